The van der Waals surface area contributed by atoms with Gasteiger partial charge in [-0.25, -0.2) is 17.5 Å². The number of hydrogen-bond acceptors (Lipinski definition) is 5. The van der Waals surface area contributed by atoms with Crippen molar-refractivity contribution < 1.29 is 23.1 Å². The normalized spacial score (nSPS) is 20.2. The summed E-state index contributed by atoms with van der Waals surface area (Å²) in [6.45, 7) is 1.86. The van der Waals surface area contributed by atoms with Gasteiger partial charge < -0.3 is 9.84 Å². The molecule has 0 spiro atoms. The fourth-order valence-electron chi connectivity index (χ4n) is 4.42. The van der Waals surface area contributed by atoms with Crippen molar-refractivity contribution in [3.63, 3.8) is 0 Å². The maximum atomic E-state index is 13.8. The van der Waals surface area contributed by atoms with Crippen molar-refractivity contribution in [3.05, 3.63) is 99.5 Å². The first-order valence-electron chi connectivity index (χ1n) is 10.4. The zero-order valence-corrected chi connectivity index (χ0v) is 20.0. The van der Waals surface area contributed by atoms with Gasteiger partial charge in [0.05, 0.1) is 16.2 Å². The molecule has 3 aromatic rings. The lowest BCUT2D eigenvalue weighted by molar-refractivity contribution is -0.131. The molecule has 8 heteroatoms. The summed E-state index contributed by atoms with van der Waals surface area (Å²) >= 11 is 3.43. The van der Waals surface area contributed by atoms with Gasteiger partial charge in [-0.1, -0.05) is 64.0 Å². The molecule has 2 heterocycles. The number of aryl methyl sites for hydroxylation is 1. The molecule has 0 aromatic heterocycles. The Bertz CT molecular complexity index is 1400. The molecule has 2 aliphatic heterocycles. The number of carbonyl (C=O) groups is 1. The highest BCUT2D eigenvalue weighted by Gasteiger charge is 2.47. The number of ether oxygens (including phenoxy) is 1. The van der Waals surface area contributed by atoms with Crippen molar-refractivity contribution in [3.8, 4) is 5.75 Å². The summed E-state index contributed by atoms with van der Waals surface area (Å²) < 4.78 is 34.8. The number of aliphatic hydroxyl groups is 1. The van der Waals surface area contributed by atoms with Crippen LogP contribution in [0.3, 0.4) is 0 Å². The van der Waals surface area contributed by atoms with Crippen molar-refractivity contribution in [1.82, 2.24) is 4.31 Å². The van der Waals surface area contributed by atoms with E-state index in [-0.39, 0.29) is 22.6 Å². The van der Waals surface area contributed by atoms with Crippen LogP contribution in [0.5, 0.6) is 5.75 Å². The number of para-hydroxylation sites is 1. The molecule has 1 N–H and O–H groups in total. The molecular formula is C25H20BrNO5S. The van der Waals surface area contributed by atoms with E-state index in [2.05, 4.69) is 15.9 Å². The standard InChI is InChI=1S/C25H20BrNO5S/c1-15-9-11-18(12-10-15)33(30,31)27-22(28)14-20-19-7-2-3-8-21(19)32-25(29)23(20)24(27)16-5-4-6-17(26)13-16/h2-13,20,22,28H,14H2,1H3/t20-,22?/m0/s1. The summed E-state index contributed by atoms with van der Waals surface area (Å²) in [5.41, 5.74) is 2.47. The first-order valence-corrected chi connectivity index (χ1v) is 12.6. The Labute approximate surface area is 200 Å². The molecule has 6 nitrogen and oxygen atoms in total. The summed E-state index contributed by atoms with van der Waals surface area (Å²) in [5.74, 6) is -0.701. The van der Waals surface area contributed by atoms with E-state index in [1.165, 1.54) is 12.1 Å². The van der Waals surface area contributed by atoms with Gasteiger partial charge in [0.2, 0.25) is 0 Å². The number of nitrogens with zero attached hydrogens (tertiary/aromatic N) is 1. The van der Waals surface area contributed by atoms with Crippen LogP contribution in [0.4, 0.5) is 0 Å². The van der Waals surface area contributed by atoms with E-state index in [4.69, 9.17) is 4.74 Å². The third kappa shape index (κ3) is 3.68. The number of halogens is 1. The van der Waals surface area contributed by atoms with Crippen molar-refractivity contribution in [2.45, 2.75) is 30.4 Å². The van der Waals surface area contributed by atoms with E-state index in [1.807, 2.05) is 19.1 Å². The second kappa shape index (κ2) is 8.13. The number of rotatable bonds is 3. The third-order valence-electron chi connectivity index (χ3n) is 5.93. The highest BCUT2D eigenvalue weighted by Crippen LogP contribution is 2.49. The van der Waals surface area contributed by atoms with Gasteiger partial charge in [0, 0.05) is 27.9 Å². The van der Waals surface area contributed by atoms with E-state index in [1.54, 1.807) is 48.5 Å². The van der Waals surface area contributed by atoms with E-state index in [0.29, 0.717) is 15.8 Å². The van der Waals surface area contributed by atoms with E-state index in [9.17, 15) is 18.3 Å². The van der Waals surface area contributed by atoms with Crippen LogP contribution >= 0.6 is 15.9 Å². The molecule has 0 fully saturated rings. The summed E-state index contributed by atoms with van der Waals surface area (Å²) in [7, 11) is -4.19. The smallest absolute Gasteiger partial charge is 0.342 e. The first kappa shape index (κ1) is 21.9. The van der Waals surface area contributed by atoms with Crippen LogP contribution in [0.15, 0.2) is 87.7 Å². The van der Waals surface area contributed by atoms with Crippen molar-refractivity contribution in [2.24, 2.45) is 0 Å². The molecule has 0 radical (unpaired) electrons. The topological polar surface area (TPSA) is 83.9 Å². The quantitative estimate of drug-likeness (QED) is 0.399. The van der Waals surface area contributed by atoms with Gasteiger partial charge in [0.15, 0.2) is 0 Å². The zero-order chi connectivity index (χ0) is 23.3. The third-order valence-corrected chi connectivity index (χ3v) is 8.24. The minimum Gasteiger partial charge on any atom is -0.423 e. The highest BCUT2D eigenvalue weighted by atomic mass is 79.9. The molecule has 2 atom stereocenters. The van der Waals surface area contributed by atoms with Crippen LogP contribution in [-0.2, 0) is 14.8 Å². The van der Waals surface area contributed by atoms with Crippen LogP contribution in [0.1, 0.15) is 29.0 Å². The second-order valence-corrected chi connectivity index (χ2v) is 10.8. The van der Waals surface area contributed by atoms with Gasteiger partial charge >= 0.3 is 5.97 Å². The number of esters is 1. The largest absolute Gasteiger partial charge is 0.423 e. The summed E-state index contributed by atoms with van der Waals surface area (Å²) in [5, 5.41) is 11.2. The number of sulfonamides is 1. The number of carbonyl (C=O) groups excluding carboxylic acids is 1. The van der Waals surface area contributed by atoms with Gasteiger partial charge in [0.1, 0.15) is 12.0 Å². The Morgan fingerprint density at radius 3 is 2.48 bits per heavy atom. The first-order chi connectivity index (χ1) is 15.8. The predicted molar refractivity (Wildman–Crippen MR) is 127 cm³/mol. The molecule has 33 heavy (non-hydrogen) atoms. The van der Waals surface area contributed by atoms with Gasteiger partial charge in [0.25, 0.3) is 10.0 Å². The average Bonchev–Trinajstić information content (AvgIpc) is 2.78. The van der Waals surface area contributed by atoms with Crippen LogP contribution in [0.25, 0.3) is 5.70 Å². The summed E-state index contributed by atoms with van der Waals surface area (Å²) in [6.07, 6.45) is -1.35. The summed E-state index contributed by atoms with van der Waals surface area (Å²) in [6, 6.07) is 20.5. The van der Waals surface area contributed by atoms with Crippen LogP contribution in [0, 0.1) is 6.92 Å². The van der Waals surface area contributed by atoms with Gasteiger partial charge in [-0.05, 0) is 37.3 Å². The molecule has 0 saturated heterocycles. The molecule has 0 saturated carbocycles. The predicted octanol–water partition coefficient (Wildman–Crippen LogP) is 4.58. The Balaban J connectivity index is 1.79. The van der Waals surface area contributed by atoms with Gasteiger partial charge in [-0.3, -0.25) is 0 Å². The average molecular weight is 526 g/mol. The highest BCUT2D eigenvalue weighted by molar-refractivity contribution is 9.10. The number of benzene rings is 3. The SMILES string of the molecule is Cc1ccc(S(=O)(=O)N2C(c3cccc(Br)c3)=C3C(=O)Oc4ccccc4[C@@H]3CC2O)cc1. The minimum absolute atomic E-state index is 0.0308. The number of hydrogen-bond donors (Lipinski definition) is 1. The Morgan fingerprint density at radius 1 is 1.03 bits per heavy atom. The second-order valence-electron chi connectivity index (χ2n) is 8.08. The van der Waals surface area contributed by atoms with Gasteiger partial charge in [-0.2, -0.15) is 0 Å². The lowest BCUT2D eigenvalue weighted by atomic mass is 9.80. The Hall–Kier alpha value is -2.94. The molecule has 168 valence electrons. The summed E-state index contributed by atoms with van der Waals surface area (Å²) in [4.78, 5) is 13.3. The molecule has 3 aromatic carbocycles. The van der Waals surface area contributed by atoms with E-state index >= 15 is 0 Å². The lowest BCUT2D eigenvalue weighted by Gasteiger charge is -2.41. The van der Waals surface area contributed by atoms with Crippen LogP contribution < -0.4 is 4.74 Å². The molecule has 5 rings (SSSR count). The van der Waals surface area contributed by atoms with Crippen molar-refractivity contribution in [1.29, 1.82) is 0 Å². The van der Waals surface area contributed by atoms with E-state index in [0.717, 1.165) is 15.4 Å². The molecule has 0 bridgehead atoms. The number of aliphatic hydroxyl groups excluding tert-OH is 1. The molecular weight excluding hydrogens is 506 g/mol. The van der Waals surface area contributed by atoms with Crippen molar-refractivity contribution in [2.75, 3.05) is 0 Å². The fourth-order valence-corrected chi connectivity index (χ4v) is 6.37. The maximum Gasteiger partial charge on any atom is 0.342 e. The Kier molecular flexibility index (Phi) is 5.39. The Morgan fingerprint density at radius 2 is 1.76 bits per heavy atom. The van der Waals surface area contributed by atoms with Crippen LogP contribution in [-0.4, -0.2) is 30.0 Å². The monoisotopic (exact) mass is 525 g/mol. The lowest BCUT2D eigenvalue weighted by Crippen LogP contribution is -2.46. The molecule has 1 unspecified atom stereocenters. The van der Waals surface area contributed by atoms with Crippen LogP contribution in [0.2, 0.25) is 0 Å². The molecule has 0 amide bonds. The zero-order valence-electron chi connectivity index (χ0n) is 17.6. The maximum absolute atomic E-state index is 13.8. The van der Waals surface area contributed by atoms with Gasteiger partial charge in [-0.15, -0.1) is 0 Å². The molecule has 2 aliphatic rings. The minimum atomic E-state index is -4.19. The molecule has 0 aliphatic carbocycles. The number of fused-ring (bicyclic) bond motifs is 3. The fraction of sp³-hybridized carbons (Fsp3) is 0.160. The van der Waals surface area contributed by atoms with Crippen molar-refractivity contribution >= 4 is 37.6 Å². The van der Waals surface area contributed by atoms with E-state index < -0.39 is 28.1 Å².